The molecule has 0 atom stereocenters. The lowest BCUT2D eigenvalue weighted by Crippen LogP contribution is -2.04. The lowest BCUT2D eigenvalue weighted by atomic mass is 10.1. The lowest BCUT2D eigenvalue weighted by Gasteiger charge is -2.10. The van der Waals surface area contributed by atoms with Crippen molar-refractivity contribution in [1.29, 1.82) is 0 Å². The van der Waals surface area contributed by atoms with Gasteiger partial charge < -0.3 is 10.5 Å². The summed E-state index contributed by atoms with van der Waals surface area (Å²) in [5.41, 5.74) is 8.38. The molecule has 3 nitrogen and oxygen atoms in total. The number of fused-ring (bicyclic) bond motifs is 1. The highest BCUT2D eigenvalue weighted by atomic mass is 35.5. The van der Waals surface area contributed by atoms with Gasteiger partial charge in [-0.05, 0) is 25.1 Å². The van der Waals surface area contributed by atoms with Gasteiger partial charge in [0.25, 0.3) is 0 Å². The van der Waals surface area contributed by atoms with Gasteiger partial charge >= 0.3 is 0 Å². The monoisotopic (exact) mass is 250 g/mol. The molecule has 0 aliphatic rings. The number of methoxy groups -OCH3 is 1. The van der Waals surface area contributed by atoms with E-state index in [0.29, 0.717) is 17.3 Å². The molecule has 4 heteroatoms. The molecule has 2 rings (SSSR count). The van der Waals surface area contributed by atoms with E-state index < -0.39 is 0 Å². The number of nitrogens with two attached hydrogens (primary N) is 1. The number of aryl methyl sites for hydroxylation is 1. The Labute approximate surface area is 106 Å². The topological polar surface area (TPSA) is 48.1 Å². The van der Waals surface area contributed by atoms with Crippen LogP contribution in [0.15, 0.2) is 18.2 Å². The zero-order chi connectivity index (χ0) is 12.4. The number of pyridine rings is 1. The molecule has 17 heavy (non-hydrogen) atoms. The molecule has 1 heterocycles. The fourth-order valence-corrected chi connectivity index (χ4v) is 2.05. The average molecular weight is 251 g/mol. The molecule has 1 aromatic heterocycles. The minimum atomic E-state index is 0.591. The quantitative estimate of drug-likeness (QED) is 0.911. The van der Waals surface area contributed by atoms with E-state index in [4.69, 9.17) is 22.1 Å². The van der Waals surface area contributed by atoms with E-state index in [0.717, 1.165) is 28.6 Å². The van der Waals surface area contributed by atoms with Crippen molar-refractivity contribution in [1.82, 2.24) is 4.98 Å². The predicted molar refractivity (Wildman–Crippen MR) is 70.8 cm³/mol. The van der Waals surface area contributed by atoms with Crippen LogP contribution in [0.25, 0.3) is 10.9 Å². The summed E-state index contributed by atoms with van der Waals surface area (Å²) < 4.78 is 5.32. The molecule has 0 saturated heterocycles. The Morgan fingerprint density at radius 1 is 1.41 bits per heavy atom. The minimum absolute atomic E-state index is 0.591. The Kier molecular flexibility index (Phi) is 3.50. The maximum atomic E-state index is 6.14. The van der Waals surface area contributed by atoms with Gasteiger partial charge in [-0.1, -0.05) is 17.7 Å². The standard InChI is InChI=1S/C13H15ClN2O/c1-8-10-4-3-9(5-6-15)16-13(10)12(17-2)7-11(8)14/h3-4,7H,5-6,15H2,1-2H3. The normalized spacial score (nSPS) is 10.8. The third kappa shape index (κ3) is 2.21. The van der Waals surface area contributed by atoms with Gasteiger partial charge in [-0.2, -0.15) is 0 Å². The molecule has 90 valence electrons. The van der Waals surface area contributed by atoms with Gasteiger partial charge in [-0.15, -0.1) is 0 Å². The first-order valence-electron chi connectivity index (χ1n) is 5.50. The summed E-state index contributed by atoms with van der Waals surface area (Å²) in [5.74, 6) is 0.703. The zero-order valence-electron chi connectivity index (χ0n) is 9.96. The second kappa shape index (κ2) is 4.90. The summed E-state index contributed by atoms with van der Waals surface area (Å²) in [7, 11) is 1.62. The predicted octanol–water partition coefficient (Wildman–Crippen LogP) is 2.71. The molecular weight excluding hydrogens is 236 g/mol. The smallest absolute Gasteiger partial charge is 0.146 e. The van der Waals surface area contributed by atoms with Crippen molar-refractivity contribution in [3.8, 4) is 5.75 Å². The Balaban J connectivity index is 2.70. The summed E-state index contributed by atoms with van der Waals surface area (Å²) >= 11 is 6.14. The van der Waals surface area contributed by atoms with Crippen molar-refractivity contribution in [3.63, 3.8) is 0 Å². The van der Waals surface area contributed by atoms with Crippen molar-refractivity contribution >= 4 is 22.5 Å². The third-order valence-electron chi connectivity index (χ3n) is 2.83. The number of ether oxygens (including phenoxy) is 1. The lowest BCUT2D eigenvalue weighted by molar-refractivity contribution is 0.418. The second-order valence-electron chi connectivity index (χ2n) is 3.92. The molecular formula is C13H15ClN2O. The maximum absolute atomic E-state index is 6.14. The molecule has 0 aliphatic heterocycles. The number of halogens is 1. The SMILES string of the molecule is COc1cc(Cl)c(C)c2ccc(CCN)nc12. The van der Waals surface area contributed by atoms with Crippen molar-refractivity contribution in [2.24, 2.45) is 5.73 Å². The molecule has 0 unspecified atom stereocenters. The first-order chi connectivity index (χ1) is 8.17. The first-order valence-corrected chi connectivity index (χ1v) is 5.88. The highest BCUT2D eigenvalue weighted by Gasteiger charge is 2.10. The van der Waals surface area contributed by atoms with E-state index in [2.05, 4.69) is 4.98 Å². The molecule has 0 saturated carbocycles. The Morgan fingerprint density at radius 3 is 2.82 bits per heavy atom. The number of aromatic nitrogens is 1. The van der Waals surface area contributed by atoms with E-state index in [9.17, 15) is 0 Å². The molecule has 0 bridgehead atoms. The molecule has 1 aromatic carbocycles. The fourth-order valence-electron chi connectivity index (χ4n) is 1.85. The van der Waals surface area contributed by atoms with E-state index in [1.165, 1.54) is 0 Å². The molecule has 2 aromatic rings. The van der Waals surface area contributed by atoms with E-state index >= 15 is 0 Å². The Hall–Kier alpha value is -1.32. The summed E-state index contributed by atoms with van der Waals surface area (Å²) in [6.45, 7) is 2.57. The molecule has 0 radical (unpaired) electrons. The number of nitrogens with zero attached hydrogens (tertiary/aromatic N) is 1. The zero-order valence-corrected chi connectivity index (χ0v) is 10.7. The first kappa shape index (κ1) is 12.1. The van der Waals surface area contributed by atoms with Crippen molar-refractivity contribution in [3.05, 3.63) is 34.5 Å². The Morgan fingerprint density at radius 2 is 2.18 bits per heavy atom. The highest BCUT2D eigenvalue weighted by molar-refractivity contribution is 6.32. The van der Waals surface area contributed by atoms with Crippen molar-refractivity contribution in [2.45, 2.75) is 13.3 Å². The summed E-state index contributed by atoms with van der Waals surface area (Å²) in [4.78, 5) is 4.57. The van der Waals surface area contributed by atoms with Crippen LogP contribution in [-0.4, -0.2) is 18.6 Å². The van der Waals surface area contributed by atoms with Crippen LogP contribution in [0, 0.1) is 6.92 Å². The van der Waals surface area contributed by atoms with Crippen molar-refractivity contribution < 1.29 is 4.74 Å². The van der Waals surface area contributed by atoms with E-state index in [1.807, 2.05) is 19.1 Å². The van der Waals surface area contributed by atoms with E-state index in [1.54, 1.807) is 13.2 Å². The minimum Gasteiger partial charge on any atom is -0.494 e. The largest absolute Gasteiger partial charge is 0.494 e. The van der Waals surface area contributed by atoms with Crippen LogP contribution in [0.2, 0.25) is 5.02 Å². The van der Waals surface area contributed by atoms with Crippen molar-refractivity contribution in [2.75, 3.05) is 13.7 Å². The summed E-state index contributed by atoms with van der Waals surface area (Å²) in [5, 5.41) is 1.72. The van der Waals surface area contributed by atoms with Crippen LogP contribution in [0.1, 0.15) is 11.3 Å². The number of benzene rings is 1. The van der Waals surface area contributed by atoms with Crippen LogP contribution < -0.4 is 10.5 Å². The molecule has 0 fully saturated rings. The van der Waals surface area contributed by atoms with Crippen LogP contribution in [-0.2, 0) is 6.42 Å². The van der Waals surface area contributed by atoms with Gasteiger partial charge in [-0.3, -0.25) is 0 Å². The van der Waals surface area contributed by atoms with Crippen LogP contribution in [0.4, 0.5) is 0 Å². The van der Waals surface area contributed by atoms with Crippen LogP contribution in [0.3, 0.4) is 0 Å². The Bertz CT molecular complexity index is 555. The third-order valence-corrected chi connectivity index (χ3v) is 3.22. The molecule has 0 spiro atoms. The van der Waals surface area contributed by atoms with Crippen LogP contribution >= 0.6 is 11.6 Å². The average Bonchev–Trinajstić information content (AvgIpc) is 2.34. The van der Waals surface area contributed by atoms with Gasteiger partial charge in [0.15, 0.2) is 0 Å². The number of hydrogen-bond donors (Lipinski definition) is 1. The van der Waals surface area contributed by atoms with Gasteiger partial charge in [-0.25, -0.2) is 4.98 Å². The molecule has 0 aliphatic carbocycles. The van der Waals surface area contributed by atoms with Gasteiger partial charge in [0.1, 0.15) is 11.3 Å². The van der Waals surface area contributed by atoms with E-state index in [-0.39, 0.29) is 0 Å². The summed E-state index contributed by atoms with van der Waals surface area (Å²) in [6.07, 6.45) is 0.765. The van der Waals surface area contributed by atoms with Gasteiger partial charge in [0, 0.05) is 28.6 Å². The van der Waals surface area contributed by atoms with Crippen LogP contribution in [0.5, 0.6) is 5.75 Å². The fraction of sp³-hybridized carbons (Fsp3) is 0.308. The van der Waals surface area contributed by atoms with Gasteiger partial charge in [0.2, 0.25) is 0 Å². The molecule has 2 N–H and O–H groups in total. The maximum Gasteiger partial charge on any atom is 0.146 e. The number of rotatable bonds is 3. The van der Waals surface area contributed by atoms with Gasteiger partial charge in [0.05, 0.1) is 7.11 Å². The summed E-state index contributed by atoms with van der Waals surface area (Å²) in [6, 6.07) is 5.81. The second-order valence-corrected chi connectivity index (χ2v) is 4.33. The highest BCUT2D eigenvalue weighted by Crippen LogP contribution is 2.32. The number of hydrogen-bond acceptors (Lipinski definition) is 3. The molecule has 0 amide bonds.